The average Bonchev–Trinajstić information content (AvgIpc) is 3.34. The van der Waals surface area contributed by atoms with Crippen LogP contribution in [-0.2, 0) is 11.3 Å². The molecule has 0 aliphatic carbocycles. The standard InChI is InChI=1S/C26H33FN2O3/c1-31-25-11-5-3-9-23(25)26(30)29(19-22-8-6-16-32-22)17-20-12-14-28(15-13-20)18-21-7-2-4-10-24(21)27/h2-5,7,9-11,20,22H,6,8,12-19H2,1H3/t22-/m0/s1. The SMILES string of the molecule is COc1ccccc1C(=O)N(CC1CCN(Cc2ccccc2F)CC1)C[C@@H]1CCCO1. The molecular weight excluding hydrogens is 407 g/mol. The first-order chi connectivity index (χ1) is 15.6. The number of carbonyl (C=O) groups excluding carboxylic acids is 1. The molecule has 2 heterocycles. The molecule has 32 heavy (non-hydrogen) atoms. The fourth-order valence-electron chi connectivity index (χ4n) is 4.77. The second-order valence-electron chi connectivity index (χ2n) is 8.86. The summed E-state index contributed by atoms with van der Waals surface area (Å²) in [7, 11) is 1.60. The van der Waals surface area contributed by atoms with Gasteiger partial charge in [-0.05, 0) is 62.9 Å². The molecule has 0 aromatic heterocycles. The molecule has 0 spiro atoms. The number of methoxy groups -OCH3 is 1. The maximum absolute atomic E-state index is 14.0. The van der Waals surface area contributed by atoms with Crippen molar-refractivity contribution in [2.75, 3.05) is 39.9 Å². The fourth-order valence-corrected chi connectivity index (χ4v) is 4.77. The topological polar surface area (TPSA) is 42.0 Å². The van der Waals surface area contributed by atoms with Gasteiger partial charge in [0, 0.05) is 31.8 Å². The maximum Gasteiger partial charge on any atom is 0.257 e. The Morgan fingerprint density at radius 2 is 1.84 bits per heavy atom. The van der Waals surface area contributed by atoms with E-state index < -0.39 is 0 Å². The van der Waals surface area contributed by atoms with Crippen LogP contribution in [0.4, 0.5) is 4.39 Å². The molecule has 0 radical (unpaired) electrons. The van der Waals surface area contributed by atoms with Gasteiger partial charge in [0.05, 0.1) is 18.8 Å². The summed E-state index contributed by atoms with van der Waals surface area (Å²) in [5.74, 6) is 0.896. The van der Waals surface area contributed by atoms with Gasteiger partial charge in [0.2, 0.25) is 0 Å². The van der Waals surface area contributed by atoms with Crippen molar-refractivity contribution in [2.24, 2.45) is 5.92 Å². The van der Waals surface area contributed by atoms with Crippen LogP contribution < -0.4 is 4.74 Å². The number of nitrogens with zero attached hydrogens (tertiary/aromatic N) is 2. The van der Waals surface area contributed by atoms with Crippen LogP contribution in [0.15, 0.2) is 48.5 Å². The van der Waals surface area contributed by atoms with Crippen molar-refractivity contribution in [2.45, 2.75) is 38.3 Å². The molecule has 6 heteroatoms. The average molecular weight is 441 g/mol. The zero-order chi connectivity index (χ0) is 22.3. The Balaban J connectivity index is 1.39. The molecule has 1 atom stereocenters. The summed E-state index contributed by atoms with van der Waals surface area (Å²) in [5.41, 5.74) is 1.35. The number of hydrogen-bond donors (Lipinski definition) is 0. The van der Waals surface area contributed by atoms with Crippen LogP contribution >= 0.6 is 0 Å². The van der Waals surface area contributed by atoms with Gasteiger partial charge in [-0.2, -0.15) is 0 Å². The predicted molar refractivity (Wildman–Crippen MR) is 122 cm³/mol. The predicted octanol–water partition coefficient (Wildman–Crippen LogP) is 4.37. The van der Waals surface area contributed by atoms with E-state index in [4.69, 9.17) is 9.47 Å². The van der Waals surface area contributed by atoms with Gasteiger partial charge >= 0.3 is 0 Å². The van der Waals surface area contributed by atoms with Crippen molar-refractivity contribution in [1.29, 1.82) is 0 Å². The van der Waals surface area contributed by atoms with E-state index in [1.54, 1.807) is 13.2 Å². The van der Waals surface area contributed by atoms with E-state index in [-0.39, 0.29) is 17.8 Å². The third kappa shape index (κ3) is 5.67. The van der Waals surface area contributed by atoms with Crippen molar-refractivity contribution in [3.8, 4) is 5.75 Å². The van der Waals surface area contributed by atoms with E-state index in [1.165, 1.54) is 6.07 Å². The van der Waals surface area contributed by atoms with E-state index >= 15 is 0 Å². The van der Waals surface area contributed by atoms with Gasteiger partial charge in [-0.3, -0.25) is 9.69 Å². The second kappa shape index (κ2) is 10.9. The normalized spacial score (nSPS) is 19.8. The highest BCUT2D eigenvalue weighted by atomic mass is 19.1. The van der Waals surface area contributed by atoms with Crippen LogP contribution in [-0.4, -0.2) is 61.7 Å². The van der Waals surface area contributed by atoms with Crippen LogP contribution in [0.3, 0.4) is 0 Å². The van der Waals surface area contributed by atoms with Gasteiger partial charge in [0.15, 0.2) is 0 Å². The summed E-state index contributed by atoms with van der Waals surface area (Å²) < 4.78 is 25.3. The molecule has 2 aliphatic heterocycles. The van der Waals surface area contributed by atoms with Gasteiger partial charge in [-0.15, -0.1) is 0 Å². The van der Waals surface area contributed by atoms with E-state index in [1.807, 2.05) is 41.3 Å². The summed E-state index contributed by atoms with van der Waals surface area (Å²) in [5, 5.41) is 0. The van der Waals surface area contributed by atoms with E-state index in [9.17, 15) is 9.18 Å². The van der Waals surface area contributed by atoms with Crippen LogP contribution in [0.5, 0.6) is 5.75 Å². The van der Waals surface area contributed by atoms with Crippen molar-refractivity contribution in [1.82, 2.24) is 9.80 Å². The molecule has 0 bridgehead atoms. The van der Waals surface area contributed by atoms with Gasteiger partial charge < -0.3 is 14.4 Å². The van der Waals surface area contributed by atoms with Gasteiger partial charge in [-0.25, -0.2) is 4.39 Å². The minimum Gasteiger partial charge on any atom is -0.496 e. The molecule has 0 unspecified atom stereocenters. The Morgan fingerprint density at radius 3 is 2.56 bits per heavy atom. The van der Waals surface area contributed by atoms with Crippen molar-refractivity contribution in [3.63, 3.8) is 0 Å². The third-order valence-electron chi connectivity index (χ3n) is 6.61. The Labute approximate surface area is 190 Å². The van der Waals surface area contributed by atoms with Crippen molar-refractivity contribution < 1.29 is 18.7 Å². The summed E-state index contributed by atoms with van der Waals surface area (Å²) >= 11 is 0. The fraction of sp³-hybridized carbons (Fsp3) is 0.500. The Kier molecular flexibility index (Phi) is 7.76. The highest BCUT2D eigenvalue weighted by molar-refractivity contribution is 5.97. The lowest BCUT2D eigenvalue weighted by atomic mass is 9.95. The molecule has 5 nitrogen and oxygen atoms in total. The molecule has 2 aromatic rings. The molecule has 2 fully saturated rings. The summed E-state index contributed by atoms with van der Waals surface area (Å²) in [4.78, 5) is 17.7. The summed E-state index contributed by atoms with van der Waals surface area (Å²) in [6.45, 7) is 4.57. The maximum atomic E-state index is 14.0. The lowest BCUT2D eigenvalue weighted by Gasteiger charge is -2.35. The Morgan fingerprint density at radius 1 is 1.09 bits per heavy atom. The van der Waals surface area contributed by atoms with Crippen LogP contribution in [0.1, 0.15) is 41.6 Å². The molecule has 2 saturated heterocycles. The van der Waals surface area contributed by atoms with Gasteiger partial charge in [-0.1, -0.05) is 30.3 Å². The zero-order valence-electron chi connectivity index (χ0n) is 18.8. The minimum atomic E-state index is -0.139. The number of para-hydroxylation sites is 1. The number of hydrogen-bond acceptors (Lipinski definition) is 4. The number of amides is 1. The number of piperidine rings is 1. The lowest BCUT2D eigenvalue weighted by molar-refractivity contribution is 0.0442. The second-order valence-corrected chi connectivity index (χ2v) is 8.86. The number of carbonyl (C=O) groups is 1. The number of likely N-dealkylation sites (tertiary alicyclic amines) is 1. The van der Waals surface area contributed by atoms with Gasteiger partial charge in [0.1, 0.15) is 11.6 Å². The first-order valence-corrected chi connectivity index (χ1v) is 11.6. The molecule has 1 amide bonds. The van der Waals surface area contributed by atoms with E-state index in [0.29, 0.717) is 36.9 Å². The number of rotatable bonds is 8. The van der Waals surface area contributed by atoms with Gasteiger partial charge in [0.25, 0.3) is 5.91 Å². The van der Waals surface area contributed by atoms with Crippen molar-refractivity contribution in [3.05, 3.63) is 65.5 Å². The first-order valence-electron chi connectivity index (χ1n) is 11.6. The molecule has 2 aliphatic rings. The smallest absolute Gasteiger partial charge is 0.257 e. The Bertz CT molecular complexity index is 892. The number of ether oxygens (including phenoxy) is 2. The highest BCUT2D eigenvalue weighted by Gasteiger charge is 2.29. The first kappa shape index (κ1) is 22.7. The molecule has 2 aromatic carbocycles. The van der Waals surface area contributed by atoms with Crippen LogP contribution in [0.25, 0.3) is 0 Å². The van der Waals surface area contributed by atoms with Crippen LogP contribution in [0.2, 0.25) is 0 Å². The highest BCUT2D eigenvalue weighted by Crippen LogP contribution is 2.25. The molecule has 0 N–H and O–H groups in total. The molecule has 172 valence electrons. The summed E-state index contributed by atoms with van der Waals surface area (Å²) in [6, 6.07) is 14.4. The lowest BCUT2D eigenvalue weighted by Crippen LogP contribution is -2.43. The monoisotopic (exact) mass is 440 g/mol. The summed E-state index contributed by atoms with van der Waals surface area (Å²) in [6.07, 6.45) is 4.15. The van der Waals surface area contributed by atoms with E-state index in [2.05, 4.69) is 4.90 Å². The zero-order valence-corrected chi connectivity index (χ0v) is 18.8. The quantitative estimate of drug-likeness (QED) is 0.611. The van der Waals surface area contributed by atoms with Crippen LogP contribution in [0, 0.1) is 11.7 Å². The molecular formula is C26H33FN2O3. The minimum absolute atomic E-state index is 0.00624. The molecule has 4 rings (SSSR count). The largest absolute Gasteiger partial charge is 0.496 e. The Hall–Kier alpha value is -2.44. The number of halogens is 1. The number of benzene rings is 2. The van der Waals surface area contributed by atoms with Crippen molar-refractivity contribution >= 4 is 5.91 Å². The molecule has 0 saturated carbocycles. The van der Waals surface area contributed by atoms with E-state index in [0.717, 1.165) is 50.9 Å². The third-order valence-corrected chi connectivity index (χ3v) is 6.61.